The van der Waals surface area contributed by atoms with E-state index in [-0.39, 0.29) is 0 Å². The lowest BCUT2D eigenvalue weighted by Gasteiger charge is -2.32. The maximum Gasteiger partial charge on any atom is 0.137 e. The summed E-state index contributed by atoms with van der Waals surface area (Å²) in [5, 5.41) is 0. The van der Waals surface area contributed by atoms with E-state index in [1.165, 1.54) is 6.42 Å². The fourth-order valence-electron chi connectivity index (χ4n) is 3.69. The molecular formula is C16H29NO2. The van der Waals surface area contributed by atoms with Gasteiger partial charge in [-0.15, -0.1) is 0 Å². The van der Waals surface area contributed by atoms with Crippen LogP contribution in [0.5, 0.6) is 0 Å². The van der Waals surface area contributed by atoms with Gasteiger partial charge >= 0.3 is 0 Å². The third kappa shape index (κ3) is 4.03. The van der Waals surface area contributed by atoms with Crippen LogP contribution in [0.4, 0.5) is 0 Å². The molecule has 0 aromatic heterocycles. The molecule has 3 nitrogen and oxygen atoms in total. The van der Waals surface area contributed by atoms with Crippen LogP contribution in [0.2, 0.25) is 0 Å². The third-order valence-electron chi connectivity index (χ3n) is 5.00. The zero-order valence-electron chi connectivity index (χ0n) is 12.7. The second kappa shape index (κ2) is 6.85. The number of likely N-dealkylation sites (tertiary alicyclic amines) is 1. The highest BCUT2D eigenvalue weighted by molar-refractivity contribution is 5.82. The minimum absolute atomic E-state index is 0.294. The van der Waals surface area contributed by atoms with E-state index in [9.17, 15) is 4.79 Å². The van der Waals surface area contributed by atoms with Gasteiger partial charge in [0, 0.05) is 32.5 Å². The van der Waals surface area contributed by atoms with E-state index in [1.807, 2.05) is 0 Å². The van der Waals surface area contributed by atoms with E-state index >= 15 is 0 Å². The van der Waals surface area contributed by atoms with E-state index in [1.54, 1.807) is 7.11 Å². The molecule has 0 spiro atoms. The highest BCUT2D eigenvalue weighted by Crippen LogP contribution is 2.32. The number of rotatable bonds is 5. The fraction of sp³-hybridized carbons (Fsp3) is 0.938. The van der Waals surface area contributed by atoms with Crippen molar-refractivity contribution in [1.29, 1.82) is 0 Å². The van der Waals surface area contributed by atoms with Gasteiger partial charge < -0.3 is 9.64 Å². The minimum atomic E-state index is 0.294. The molecule has 1 heterocycles. The van der Waals surface area contributed by atoms with E-state index < -0.39 is 0 Å². The zero-order valence-corrected chi connectivity index (χ0v) is 12.7. The molecule has 1 saturated carbocycles. The second-order valence-electron chi connectivity index (χ2n) is 6.81. The van der Waals surface area contributed by atoms with Crippen LogP contribution in [0.15, 0.2) is 0 Å². The van der Waals surface area contributed by atoms with Gasteiger partial charge in [0.2, 0.25) is 0 Å². The Morgan fingerprint density at radius 3 is 2.84 bits per heavy atom. The van der Waals surface area contributed by atoms with Gasteiger partial charge in [-0.2, -0.15) is 0 Å². The van der Waals surface area contributed by atoms with Gasteiger partial charge in [0.1, 0.15) is 5.78 Å². The fourth-order valence-corrected chi connectivity index (χ4v) is 3.69. The summed E-state index contributed by atoms with van der Waals surface area (Å²) in [7, 11) is 1.78. The number of methoxy groups -OCH3 is 1. The standard InChI is InChI=1S/C16H29NO2/c1-12(2)14-4-5-16(18)15(8-14)10-17-7-6-13(9-17)11-19-3/h12-15H,4-11H2,1-3H3. The predicted octanol–water partition coefficient (Wildman–Crippen LogP) is 2.60. The van der Waals surface area contributed by atoms with E-state index in [0.29, 0.717) is 17.6 Å². The first-order valence-corrected chi connectivity index (χ1v) is 7.84. The molecule has 19 heavy (non-hydrogen) atoms. The van der Waals surface area contributed by atoms with Crippen molar-refractivity contribution in [2.45, 2.75) is 39.5 Å². The number of carbonyl (C=O) groups is 1. The van der Waals surface area contributed by atoms with Crippen molar-refractivity contribution < 1.29 is 9.53 Å². The molecule has 2 fully saturated rings. The van der Waals surface area contributed by atoms with Crippen molar-refractivity contribution in [1.82, 2.24) is 4.90 Å². The van der Waals surface area contributed by atoms with Crippen LogP contribution in [-0.2, 0) is 9.53 Å². The van der Waals surface area contributed by atoms with E-state index in [4.69, 9.17) is 4.74 Å². The number of Topliss-reactive ketones (excluding diaryl/α,β-unsaturated/α-hetero) is 1. The molecule has 0 amide bonds. The van der Waals surface area contributed by atoms with Crippen molar-refractivity contribution in [3.8, 4) is 0 Å². The summed E-state index contributed by atoms with van der Waals surface area (Å²) < 4.78 is 5.24. The summed E-state index contributed by atoms with van der Waals surface area (Å²) >= 11 is 0. The number of nitrogens with zero attached hydrogens (tertiary/aromatic N) is 1. The molecule has 110 valence electrons. The number of ketones is 1. The Morgan fingerprint density at radius 2 is 2.16 bits per heavy atom. The topological polar surface area (TPSA) is 29.5 Å². The van der Waals surface area contributed by atoms with Gasteiger partial charge in [-0.25, -0.2) is 0 Å². The highest BCUT2D eigenvalue weighted by Gasteiger charge is 2.33. The summed E-state index contributed by atoms with van der Waals surface area (Å²) in [5.41, 5.74) is 0. The van der Waals surface area contributed by atoms with Crippen molar-refractivity contribution in [2.75, 3.05) is 33.4 Å². The lowest BCUT2D eigenvalue weighted by Crippen LogP contribution is -2.36. The van der Waals surface area contributed by atoms with Crippen LogP contribution < -0.4 is 0 Å². The molecule has 0 aromatic rings. The molecule has 1 aliphatic heterocycles. The van der Waals surface area contributed by atoms with Gasteiger partial charge in [-0.1, -0.05) is 13.8 Å². The molecular weight excluding hydrogens is 238 g/mol. The molecule has 3 atom stereocenters. The van der Waals surface area contributed by atoms with Gasteiger partial charge in [-0.3, -0.25) is 4.79 Å². The van der Waals surface area contributed by atoms with Crippen LogP contribution in [0.3, 0.4) is 0 Å². The smallest absolute Gasteiger partial charge is 0.137 e. The van der Waals surface area contributed by atoms with Gasteiger partial charge in [0.25, 0.3) is 0 Å². The Hall–Kier alpha value is -0.410. The van der Waals surface area contributed by atoms with Crippen molar-refractivity contribution in [2.24, 2.45) is 23.7 Å². The predicted molar refractivity (Wildman–Crippen MR) is 77.1 cm³/mol. The number of hydrogen-bond donors (Lipinski definition) is 0. The van der Waals surface area contributed by atoms with Crippen molar-refractivity contribution in [3.63, 3.8) is 0 Å². The van der Waals surface area contributed by atoms with Gasteiger partial charge in [-0.05, 0) is 43.6 Å². The largest absolute Gasteiger partial charge is 0.384 e. The summed E-state index contributed by atoms with van der Waals surface area (Å²) in [6, 6.07) is 0. The molecule has 3 unspecified atom stereocenters. The van der Waals surface area contributed by atoms with E-state index in [0.717, 1.165) is 57.3 Å². The summed E-state index contributed by atoms with van der Waals surface area (Å²) in [4.78, 5) is 14.6. The maximum absolute atomic E-state index is 12.1. The summed E-state index contributed by atoms with van der Waals surface area (Å²) in [6.07, 6.45) is 4.26. The second-order valence-corrected chi connectivity index (χ2v) is 6.81. The number of carbonyl (C=O) groups excluding carboxylic acids is 1. The lowest BCUT2D eigenvalue weighted by molar-refractivity contribution is -0.126. The van der Waals surface area contributed by atoms with Crippen molar-refractivity contribution >= 4 is 5.78 Å². The maximum atomic E-state index is 12.1. The Labute approximate surface area is 117 Å². The van der Waals surface area contributed by atoms with Crippen LogP contribution in [0.1, 0.15) is 39.5 Å². The third-order valence-corrected chi connectivity index (χ3v) is 5.00. The SMILES string of the molecule is COCC1CCN(CC2CC(C(C)C)CCC2=O)C1. The van der Waals surface area contributed by atoms with Gasteiger partial charge in [0.05, 0.1) is 6.61 Å². The molecule has 0 bridgehead atoms. The van der Waals surface area contributed by atoms with Gasteiger partial charge in [0.15, 0.2) is 0 Å². The first-order valence-electron chi connectivity index (χ1n) is 7.84. The quantitative estimate of drug-likeness (QED) is 0.767. The minimum Gasteiger partial charge on any atom is -0.384 e. The Bertz CT molecular complexity index is 303. The molecule has 1 aliphatic carbocycles. The molecule has 0 radical (unpaired) electrons. The molecule has 0 N–H and O–H groups in total. The van der Waals surface area contributed by atoms with Crippen LogP contribution in [-0.4, -0.2) is 44.0 Å². The normalized spacial score (nSPS) is 33.3. The number of ether oxygens (including phenoxy) is 1. The molecule has 2 aliphatic rings. The number of hydrogen-bond acceptors (Lipinski definition) is 3. The molecule has 2 rings (SSSR count). The highest BCUT2D eigenvalue weighted by atomic mass is 16.5. The summed E-state index contributed by atoms with van der Waals surface area (Å²) in [6.45, 7) is 8.70. The van der Waals surface area contributed by atoms with Crippen LogP contribution in [0.25, 0.3) is 0 Å². The zero-order chi connectivity index (χ0) is 13.8. The lowest BCUT2D eigenvalue weighted by atomic mass is 9.75. The average Bonchev–Trinajstić information content (AvgIpc) is 2.80. The van der Waals surface area contributed by atoms with Crippen LogP contribution >= 0.6 is 0 Å². The first-order chi connectivity index (χ1) is 9.10. The van der Waals surface area contributed by atoms with Crippen LogP contribution in [0, 0.1) is 23.7 Å². The average molecular weight is 267 g/mol. The van der Waals surface area contributed by atoms with E-state index in [2.05, 4.69) is 18.7 Å². The summed E-state index contributed by atoms with van der Waals surface area (Å²) in [5.74, 6) is 2.94. The molecule has 1 saturated heterocycles. The molecule has 3 heteroatoms. The molecule has 0 aromatic carbocycles. The monoisotopic (exact) mass is 267 g/mol. The van der Waals surface area contributed by atoms with Crippen molar-refractivity contribution in [3.05, 3.63) is 0 Å². The first kappa shape index (κ1) is 15.0. The Kier molecular flexibility index (Phi) is 5.40. The Balaban J connectivity index is 1.82. The Morgan fingerprint density at radius 1 is 1.37 bits per heavy atom.